The van der Waals surface area contributed by atoms with Crippen molar-refractivity contribution in [2.45, 2.75) is 6.92 Å². The van der Waals surface area contributed by atoms with Crippen molar-refractivity contribution < 1.29 is 14.7 Å². The second-order valence-corrected chi connectivity index (χ2v) is 1.67. The molecule has 0 bridgehead atoms. The van der Waals surface area contributed by atoms with Crippen LogP contribution in [0.5, 0.6) is 0 Å². The Kier molecular flexibility index (Phi) is 3.87. The highest BCUT2D eigenvalue weighted by molar-refractivity contribution is 5.87. The standard InChI is InChI=1S/C7H8O3/c1-6(8)4-2-3-5-7(9)10/h2-5H,1H3,(H,9,10)/b4-2+,5-3-. The van der Waals surface area contributed by atoms with E-state index >= 15 is 0 Å². The molecule has 0 aromatic carbocycles. The maximum Gasteiger partial charge on any atom is 0.328 e. The molecule has 54 valence electrons. The lowest BCUT2D eigenvalue weighted by Gasteiger charge is -1.75. The van der Waals surface area contributed by atoms with Gasteiger partial charge in [-0.05, 0) is 13.0 Å². The Hall–Kier alpha value is -1.38. The number of allylic oxidation sites excluding steroid dienone is 3. The number of carboxylic acids is 1. The number of aliphatic carboxylic acids is 1. The van der Waals surface area contributed by atoms with Gasteiger partial charge < -0.3 is 5.11 Å². The zero-order valence-electron chi connectivity index (χ0n) is 5.57. The third-order valence-electron chi connectivity index (χ3n) is 0.681. The highest BCUT2D eigenvalue weighted by atomic mass is 16.4. The maximum absolute atomic E-state index is 10.2. The van der Waals surface area contributed by atoms with Crippen LogP contribution >= 0.6 is 0 Å². The Balaban J connectivity index is 3.73. The van der Waals surface area contributed by atoms with E-state index in [1.165, 1.54) is 25.2 Å². The van der Waals surface area contributed by atoms with Gasteiger partial charge in [0.05, 0.1) is 0 Å². The van der Waals surface area contributed by atoms with Crippen LogP contribution in [0.25, 0.3) is 0 Å². The van der Waals surface area contributed by atoms with E-state index in [9.17, 15) is 9.59 Å². The number of hydrogen-bond acceptors (Lipinski definition) is 2. The first-order valence-corrected chi connectivity index (χ1v) is 2.71. The van der Waals surface area contributed by atoms with E-state index in [4.69, 9.17) is 5.11 Å². The molecule has 0 rings (SSSR count). The van der Waals surface area contributed by atoms with Gasteiger partial charge in [-0.1, -0.05) is 12.2 Å². The topological polar surface area (TPSA) is 54.4 Å². The highest BCUT2D eigenvalue weighted by Crippen LogP contribution is 1.78. The number of carbonyl (C=O) groups excluding carboxylic acids is 1. The molecule has 0 saturated carbocycles. The maximum atomic E-state index is 10.2. The third kappa shape index (κ3) is 6.62. The van der Waals surface area contributed by atoms with Crippen LogP contribution in [0.4, 0.5) is 0 Å². The summed E-state index contributed by atoms with van der Waals surface area (Å²) in [6, 6.07) is 0. The van der Waals surface area contributed by atoms with Crippen LogP contribution in [0.3, 0.4) is 0 Å². The molecule has 0 spiro atoms. The first-order valence-electron chi connectivity index (χ1n) is 2.71. The van der Waals surface area contributed by atoms with Crippen LogP contribution in [-0.4, -0.2) is 16.9 Å². The largest absolute Gasteiger partial charge is 0.478 e. The summed E-state index contributed by atoms with van der Waals surface area (Å²) >= 11 is 0. The third-order valence-corrected chi connectivity index (χ3v) is 0.681. The Labute approximate surface area is 58.7 Å². The molecule has 0 unspecified atom stereocenters. The summed E-state index contributed by atoms with van der Waals surface area (Å²) < 4.78 is 0. The lowest BCUT2D eigenvalue weighted by atomic mass is 10.3. The van der Waals surface area contributed by atoms with E-state index in [2.05, 4.69) is 0 Å². The molecular formula is C7H8O3. The van der Waals surface area contributed by atoms with E-state index < -0.39 is 5.97 Å². The fourth-order valence-corrected chi connectivity index (χ4v) is 0.329. The summed E-state index contributed by atoms with van der Waals surface area (Å²) in [4.78, 5) is 20.1. The molecule has 1 N–H and O–H groups in total. The van der Waals surface area contributed by atoms with E-state index in [1.54, 1.807) is 0 Å². The highest BCUT2D eigenvalue weighted by Gasteiger charge is 1.81. The van der Waals surface area contributed by atoms with Crippen LogP contribution < -0.4 is 0 Å². The van der Waals surface area contributed by atoms with Crippen LogP contribution in [0.1, 0.15) is 6.92 Å². The van der Waals surface area contributed by atoms with Gasteiger partial charge in [-0.2, -0.15) is 0 Å². The van der Waals surface area contributed by atoms with E-state index in [0.717, 1.165) is 6.08 Å². The average molecular weight is 140 g/mol. The number of carboxylic acid groups (broad SMARTS) is 1. The molecule has 0 amide bonds. The predicted molar refractivity (Wildman–Crippen MR) is 36.6 cm³/mol. The van der Waals surface area contributed by atoms with E-state index in [0.29, 0.717) is 0 Å². The van der Waals surface area contributed by atoms with Crippen LogP contribution in [0.15, 0.2) is 24.3 Å². The quantitative estimate of drug-likeness (QED) is 0.465. The lowest BCUT2D eigenvalue weighted by molar-refractivity contribution is -0.131. The number of ketones is 1. The molecule has 0 aliphatic carbocycles. The molecule has 3 nitrogen and oxygen atoms in total. The summed E-state index contributed by atoms with van der Waals surface area (Å²) in [5, 5.41) is 8.07. The van der Waals surface area contributed by atoms with Crippen molar-refractivity contribution in [3.05, 3.63) is 24.3 Å². The van der Waals surface area contributed by atoms with Gasteiger partial charge in [-0.25, -0.2) is 4.79 Å². The van der Waals surface area contributed by atoms with Gasteiger partial charge in [0.1, 0.15) is 0 Å². The molecule has 0 aromatic rings. The molecule has 0 saturated heterocycles. The minimum atomic E-state index is -1.02. The van der Waals surface area contributed by atoms with Gasteiger partial charge in [0.15, 0.2) is 5.78 Å². The van der Waals surface area contributed by atoms with Gasteiger partial charge in [0, 0.05) is 6.08 Å². The van der Waals surface area contributed by atoms with Crippen LogP contribution in [-0.2, 0) is 9.59 Å². The Bertz CT molecular complexity index is 167. The molecule has 3 heteroatoms. The van der Waals surface area contributed by atoms with Crippen LogP contribution in [0, 0.1) is 0 Å². The molecular weight excluding hydrogens is 132 g/mol. The smallest absolute Gasteiger partial charge is 0.328 e. The van der Waals surface area contributed by atoms with Gasteiger partial charge in [-0.3, -0.25) is 4.79 Å². The predicted octanol–water partition coefficient (Wildman–Crippen LogP) is 0.772. The number of rotatable bonds is 3. The van der Waals surface area contributed by atoms with Crippen molar-refractivity contribution in [2.24, 2.45) is 0 Å². The molecule has 0 aliphatic heterocycles. The van der Waals surface area contributed by atoms with Crippen molar-refractivity contribution in [1.82, 2.24) is 0 Å². The fraction of sp³-hybridized carbons (Fsp3) is 0.143. The molecule has 0 radical (unpaired) electrons. The second-order valence-electron chi connectivity index (χ2n) is 1.67. The second kappa shape index (κ2) is 4.49. The molecule has 0 heterocycles. The van der Waals surface area contributed by atoms with Crippen molar-refractivity contribution in [3.8, 4) is 0 Å². The minimum absolute atomic E-state index is 0.102. The minimum Gasteiger partial charge on any atom is -0.478 e. The van der Waals surface area contributed by atoms with E-state index in [1.807, 2.05) is 0 Å². The summed E-state index contributed by atoms with van der Waals surface area (Å²) in [5.74, 6) is -1.12. The fourth-order valence-electron chi connectivity index (χ4n) is 0.329. The molecule has 0 atom stereocenters. The zero-order valence-corrected chi connectivity index (χ0v) is 5.57. The normalized spacial score (nSPS) is 10.9. The molecule has 10 heavy (non-hydrogen) atoms. The van der Waals surface area contributed by atoms with Gasteiger partial charge >= 0.3 is 5.97 Å². The molecule has 0 aliphatic rings. The Morgan fingerprint density at radius 2 is 1.70 bits per heavy atom. The molecule has 0 aromatic heterocycles. The molecule has 0 fully saturated rings. The van der Waals surface area contributed by atoms with Crippen LogP contribution in [0.2, 0.25) is 0 Å². The Morgan fingerprint density at radius 1 is 1.20 bits per heavy atom. The first-order chi connectivity index (χ1) is 4.63. The van der Waals surface area contributed by atoms with Gasteiger partial charge in [0.25, 0.3) is 0 Å². The Morgan fingerprint density at radius 3 is 2.10 bits per heavy atom. The number of hydrogen-bond donors (Lipinski definition) is 1. The summed E-state index contributed by atoms with van der Waals surface area (Å²) in [7, 11) is 0. The van der Waals surface area contributed by atoms with Crippen molar-refractivity contribution in [3.63, 3.8) is 0 Å². The lowest BCUT2D eigenvalue weighted by Crippen LogP contribution is -1.84. The summed E-state index contributed by atoms with van der Waals surface area (Å²) in [5.41, 5.74) is 0. The average Bonchev–Trinajstić information content (AvgIpc) is 1.79. The monoisotopic (exact) mass is 140 g/mol. The van der Waals surface area contributed by atoms with Gasteiger partial charge in [0.2, 0.25) is 0 Å². The van der Waals surface area contributed by atoms with E-state index in [-0.39, 0.29) is 5.78 Å². The van der Waals surface area contributed by atoms with Crippen molar-refractivity contribution in [1.29, 1.82) is 0 Å². The number of carbonyl (C=O) groups is 2. The van der Waals surface area contributed by atoms with Crippen molar-refractivity contribution >= 4 is 11.8 Å². The first kappa shape index (κ1) is 8.62. The van der Waals surface area contributed by atoms with Gasteiger partial charge in [-0.15, -0.1) is 0 Å². The SMILES string of the molecule is CC(=O)/C=C/C=C\C(=O)O. The summed E-state index contributed by atoms with van der Waals surface area (Å²) in [6.45, 7) is 1.39. The van der Waals surface area contributed by atoms with Crippen molar-refractivity contribution in [2.75, 3.05) is 0 Å². The zero-order chi connectivity index (χ0) is 7.98. The summed E-state index contributed by atoms with van der Waals surface area (Å²) in [6.07, 6.45) is 4.93.